The minimum atomic E-state index is -3.98. The van der Waals surface area contributed by atoms with Crippen molar-refractivity contribution in [3.63, 3.8) is 0 Å². The number of nitrogens with one attached hydrogen (secondary N) is 1. The monoisotopic (exact) mass is 418 g/mol. The van der Waals surface area contributed by atoms with Gasteiger partial charge in [-0.15, -0.1) is 0 Å². The fourth-order valence-corrected chi connectivity index (χ4v) is 4.25. The highest BCUT2D eigenvalue weighted by Crippen LogP contribution is 2.35. The number of hydrogen-bond donors (Lipinski definition) is 1. The van der Waals surface area contributed by atoms with Crippen LogP contribution in [0, 0.1) is 13.8 Å². The summed E-state index contributed by atoms with van der Waals surface area (Å²) in [5, 5.41) is 3.93. The molecule has 0 amide bonds. The molecular formula is C20H22N2O6S. The maximum atomic E-state index is 13.2. The maximum absolute atomic E-state index is 13.2. The Balaban J connectivity index is 2.07. The highest BCUT2D eigenvalue weighted by molar-refractivity contribution is 7.92. The lowest BCUT2D eigenvalue weighted by Gasteiger charge is -2.14. The van der Waals surface area contributed by atoms with Crippen molar-refractivity contribution in [3.8, 4) is 28.4 Å². The molecule has 1 heterocycles. The van der Waals surface area contributed by atoms with E-state index in [9.17, 15) is 8.42 Å². The van der Waals surface area contributed by atoms with Gasteiger partial charge < -0.3 is 18.7 Å². The predicted molar refractivity (Wildman–Crippen MR) is 108 cm³/mol. The van der Waals surface area contributed by atoms with Gasteiger partial charge in [-0.3, -0.25) is 4.72 Å². The molecule has 0 saturated carbocycles. The molecule has 1 N–H and O–H groups in total. The summed E-state index contributed by atoms with van der Waals surface area (Å²) in [6.45, 7) is 3.57. The predicted octanol–water partition coefficient (Wildman–Crippen LogP) is 3.79. The first-order valence-corrected chi connectivity index (χ1v) is 10.1. The van der Waals surface area contributed by atoms with Crippen molar-refractivity contribution < 1.29 is 27.2 Å². The van der Waals surface area contributed by atoms with Crippen molar-refractivity contribution >= 4 is 15.7 Å². The third-order valence-corrected chi connectivity index (χ3v) is 5.78. The van der Waals surface area contributed by atoms with Gasteiger partial charge in [-0.25, -0.2) is 8.42 Å². The first-order chi connectivity index (χ1) is 13.8. The molecule has 0 bridgehead atoms. The Labute approximate surface area is 169 Å². The van der Waals surface area contributed by atoms with E-state index in [1.807, 2.05) is 0 Å². The SMILES string of the molecule is COc1cc(NS(=O)(=O)c2cc(-c3c(C)noc3C)ccc2OC)cc(OC)c1. The molecule has 0 saturated heterocycles. The summed E-state index contributed by atoms with van der Waals surface area (Å²) < 4.78 is 49.8. The average molecular weight is 418 g/mol. The molecule has 0 radical (unpaired) electrons. The Morgan fingerprint density at radius 3 is 2.10 bits per heavy atom. The van der Waals surface area contributed by atoms with E-state index in [1.165, 1.54) is 27.4 Å². The standard InChI is InChI=1S/C20H22N2O6S/c1-12-20(13(2)28-21-12)14-6-7-18(27-5)19(8-14)29(23,24)22-15-9-16(25-3)11-17(10-15)26-4/h6-11,22H,1-5H3. The molecule has 0 aliphatic heterocycles. The zero-order valence-corrected chi connectivity index (χ0v) is 17.6. The minimum absolute atomic E-state index is 0.0145. The van der Waals surface area contributed by atoms with E-state index >= 15 is 0 Å². The molecule has 0 fully saturated rings. The van der Waals surface area contributed by atoms with E-state index in [0.717, 1.165) is 5.56 Å². The summed E-state index contributed by atoms with van der Waals surface area (Å²) in [5.41, 5.74) is 2.37. The number of benzene rings is 2. The Bertz CT molecular complexity index is 1100. The number of methoxy groups -OCH3 is 3. The molecule has 0 spiro atoms. The first-order valence-electron chi connectivity index (χ1n) is 8.66. The number of aromatic nitrogens is 1. The van der Waals surface area contributed by atoms with Crippen LogP contribution in [-0.2, 0) is 10.0 Å². The number of aryl methyl sites for hydroxylation is 2. The molecule has 29 heavy (non-hydrogen) atoms. The lowest BCUT2D eigenvalue weighted by molar-refractivity contribution is 0.393. The van der Waals surface area contributed by atoms with Gasteiger partial charge in [-0.1, -0.05) is 11.2 Å². The molecule has 154 valence electrons. The summed E-state index contributed by atoms with van der Waals surface area (Å²) in [4.78, 5) is -0.0145. The number of anilines is 1. The lowest BCUT2D eigenvalue weighted by atomic mass is 10.0. The van der Waals surface area contributed by atoms with Crippen molar-refractivity contribution in [3.05, 3.63) is 47.9 Å². The lowest BCUT2D eigenvalue weighted by Crippen LogP contribution is -2.14. The highest BCUT2D eigenvalue weighted by atomic mass is 32.2. The summed E-state index contributed by atoms with van der Waals surface area (Å²) in [6.07, 6.45) is 0. The van der Waals surface area contributed by atoms with Crippen LogP contribution in [0.4, 0.5) is 5.69 Å². The van der Waals surface area contributed by atoms with Gasteiger partial charge in [0.25, 0.3) is 10.0 Å². The molecule has 0 unspecified atom stereocenters. The maximum Gasteiger partial charge on any atom is 0.265 e. The van der Waals surface area contributed by atoms with Crippen LogP contribution in [-0.4, -0.2) is 34.9 Å². The van der Waals surface area contributed by atoms with Crippen molar-refractivity contribution in [1.29, 1.82) is 0 Å². The summed E-state index contributed by atoms with van der Waals surface area (Å²) in [7, 11) is 0.411. The third-order valence-electron chi connectivity index (χ3n) is 4.38. The van der Waals surface area contributed by atoms with Crippen LogP contribution in [0.25, 0.3) is 11.1 Å². The van der Waals surface area contributed by atoms with E-state index in [0.29, 0.717) is 34.2 Å². The Hall–Kier alpha value is -3.20. The summed E-state index contributed by atoms with van der Waals surface area (Å²) in [6, 6.07) is 9.66. The van der Waals surface area contributed by atoms with Crippen LogP contribution in [0.1, 0.15) is 11.5 Å². The van der Waals surface area contributed by atoms with E-state index in [-0.39, 0.29) is 10.6 Å². The van der Waals surface area contributed by atoms with Crippen LogP contribution < -0.4 is 18.9 Å². The molecule has 3 aromatic rings. The van der Waals surface area contributed by atoms with Crippen molar-refractivity contribution in [2.24, 2.45) is 0 Å². The molecule has 1 aromatic heterocycles. The second-order valence-corrected chi connectivity index (χ2v) is 7.92. The number of nitrogens with zero attached hydrogens (tertiary/aromatic N) is 1. The minimum Gasteiger partial charge on any atom is -0.497 e. The second-order valence-electron chi connectivity index (χ2n) is 6.27. The summed E-state index contributed by atoms with van der Waals surface area (Å²) in [5.74, 6) is 1.72. The van der Waals surface area contributed by atoms with E-state index in [1.54, 1.807) is 44.2 Å². The summed E-state index contributed by atoms with van der Waals surface area (Å²) >= 11 is 0. The fourth-order valence-electron chi connectivity index (χ4n) is 3.01. The number of sulfonamides is 1. The number of rotatable bonds is 7. The van der Waals surface area contributed by atoms with Crippen LogP contribution in [0.2, 0.25) is 0 Å². The first kappa shape index (κ1) is 20.5. The van der Waals surface area contributed by atoms with Crippen LogP contribution in [0.15, 0.2) is 45.8 Å². The Morgan fingerprint density at radius 2 is 1.59 bits per heavy atom. The van der Waals surface area contributed by atoms with Crippen molar-refractivity contribution in [2.75, 3.05) is 26.1 Å². The molecule has 8 nitrogen and oxygen atoms in total. The van der Waals surface area contributed by atoms with Gasteiger partial charge >= 0.3 is 0 Å². The van der Waals surface area contributed by atoms with Crippen LogP contribution in [0.3, 0.4) is 0 Å². The molecule has 2 aromatic carbocycles. The molecule has 0 atom stereocenters. The zero-order chi connectivity index (χ0) is 21.2. The highest BCUT2D eigenvalue weighted by Gasteiger charge is 2.23. The van der Waals surface area contributed by atoms with E-state index < -0.39 is 10.0 Å². The van der Waals surface area contributed by atoms with Crippen LogP contribution >= 0.6 is 0 Å². The quantitative estimate of drug-likeness (QED) is 0.623. The molecule has 0 aliphatic carbocycles. The van der Waals surface area contributed by atoms with Gasteiger partial charge in [0.05, 0.1) is 32.7 Å². The zero-order valence-electron chi connectivity index (χ0n) is 16.8. The van der Waals surface area contributed by atoms with Gasteiger partial charge in [-0.05, 0) is 31.5 Å². The normalized spacial score (nSPS) is 11.2. The van der Waals surface area contributed by atoms with Gasteiger partial charge in [-0.2, -0.15) is 0 Å². The van der Waals surface area contributed by atoms with Crippen molar-refractivity contribution in [1.82, 2.24) is 5.16 Å². The van der Waals surface area contributed by atoms with Gasteiger partial charge in [0.15, 0.2) is 0 Å². The fraction of sp³-hybridized carbons (Fsp3) is 0.250. The molecular weight excluding hydrogens is 396 g/mol. The van der Waals surface area contributed by atoms with Crippen LogP contribution in [0.5, 0.6) is 17.2 Å². The molecule has 3 rings (SSSR count). The Kier molecular flexibility index (Phi) is 5.69. The van der Waals surface area contributed by atoms with Gasteiger partial charge in [0.2, 0.25) is 0 Å². The second kappa shape index (κ2) is 8.04. The van der Waals surface area contributed by atoms with Gasteiger partial charge in [0.1, 0.15) is 27.9 Å². The number of hydrogen-bond acceptors (Lipinski definition) is 7. The molecule has 9 heteroatoms. The largest absolute Gasteiger partial charge is 0.497 e. The van der Waals surface area contributed by atoms with E-state index in [2.05, 4.69) is 9.88 Å². The number of ether oxygens (including phenoxy) is 3. The van der Waals surface area contributed by atoms with Gasteiger partial charge in [0, 0.05) is 23.8 Å². The van der Waals surface area contributed by atoms with E-state index in [4.69, 9.17) is 18.7 Å². The third kappa shape index (κ3) is 4.14. The topological polar surface area (TPSA) is 99.9 Å². The Morgan fingerprint density at radius 1 is 0.931 bits per heavy atom. The smallest absolute Gasteiger partial charge is 0.265 e. The average Bonchev–Trinajstić information content (AvgIpc) is 3.04. The van der Waals surface area contributed by atoms with Crippen molar-refractivity contribution in [2.45, 2.75) is 18.7 Å². The molecule has 0 aliphatic rings.